The summed E-state index contributed by atoms with van der Waals surface area (Å²) in [5.74, 6) is 1.13. The number of rotatable bonds is 6. The summed E-state index contributed by atoms with van der Waals surface area (Å²) in [5, 5.41) is 3.39. The zero-order valence-electron chi connectivity index (χ0n) is 15.9. The lowest BCUT2D eigenvalue weighted by atomic mass is 9.90. The lowest BCUT2D eigenvalue weighted by Crippen LogP contribution is -2.44. The summed E-state index contributed by atoms with van der Waals surface area (Å²) in [5.41, 5.74) is 2.64. The number of hydrogen-bond acceptors (Lipinski definition) is 3. The molecule has 0 fully saturated rings. The summed E-state index contributed by atoms with van der Waals surface area (Å²) >= 11 is 0. The van der Waals surface area contributed by atoms with Crippen LogP contribution in [0.1, 0.15) is 38.3 Å². The zero-order chi connectivity index (χ0) is 18.5. The smallest absolute Gasteiger partial charge is 0.194 e. The van der Waals surface area contributed by atoms with Gasteiger partial charge in [-0.2, -0.15) is 0 Å². The molecule has 0 saturated carbocycles. The molecule has 25 heavy (non-hydrogen) atoms. The molecular weight excluding hydrogens is 334 g/mol. The fourth-order valence-electron chi connectivity index (χ4n) is 2.93. The van der Waals surface area contributed by atoms with Gasteiger partial charge in [0.25, 0.3) is 0 Å². The molecule has 1 aliphatic heterocycles. The molecule has 0 amide bonds. The number of guanidine groups is 1. The quantitative estimate of drug-likeness (QED) is 0.621. The molecule has 1 aliphatic rings. The van der Waals surface area contributed by atoms with Gasteiger partial charge < -0.3 is 10.2 Å². The van der Waals surface area contributed by atoms with E-state index in [1.54, 1.807) is 0 Å². The van der Waals surface area contributed by atoms with Crippen molar-refractivity contribution in [3.05, 3.63) is 35.4 Å². The number of benzene rings is 1. The minimum absolute atomic E-state index is 0.141. The minimum atomic E-state index is -2.93. The fourth-order valence-corrected chi connectivity index (χ4v) is 3.86. The normalized spacial score (nSPS) is 15.8. The highest BCUT2D eigenvalue weighted by Gasteiger charge is 2.22. The Morgan fingerprint density at radius 3 is 2.60 bits per heavy atom. The molecule has 0 aliphatic carbocycles. The molecule has 0 radical (unpaired) electrons. The van der Waals surface area contributed by atoms with Gasteiger partial charge in [0.2, 0.25) is 0 Å². The van der Waals surface area contributed by atoms with Gasteiger partial charge in [0.05, 0.1) is 5.75 Å². The van der Waals surface area contributed by atoms with Crippen molar-refractivity contribution >= 4 is 15.8 Å². The highest BCUT2D eigenvalue weighted by molar-refractivity contribution is 7.90. The number of sulfone groups is 1. The van der Waals surface area contributed by atoms with E-state index in [-0.39, 0.29) is 11.2 Å². The minimum Gasteiger partial charge on any atom is -0.357 e. The van der Waals surface area contributed by atoms with Crippen LogP contribution >= 0.6 is 0 Å². The summed E-state index contributed by atoms with van der Waals surface area (Å²) in [6, 6.07) is 8.56. The van der Waals surface area contributed by atoms with Crippen LogP contribution in [0.4, 0.5) is 0 Å². The molecule has 2 rings (SSSR count). The SMILES string of the molecule is CCNC(=NCC(C)(C)CCS(C)(=O)=O)N1CCc2ccccc2C1. The third-order valence-electron chi connectivity index (χ3n) is 4.57. The van der Waals surface area contributed by atoms with Crippen molar-refractivity contribution in [2.45, 2.75) is 40.2 Å². The molecule has 0 unspecified atom stereocenters. The molecule has 1 N–H and O–H groups in total. The third-order valence-corrected chi connectivity index (χ3v) is 5.52. The van der Waals surface area contributed by atoms with Crippen LogP contribution in [0.2, 0.25) is 0 Å². The number of hydrogen-bond donors (Lipinski definition) is 1. The highest BCUT2D eigenvalue weighted by atomic mass is 32.2. The molecule has 0 spiro atoms. The van der Waals surface area contributed by atoms with Gasteiger partial charge >= 0.3 is 0 Å². The lowest BCUT2D eigenvalue weighted by Gasteiger charge is -2.32. The van der Waals surface area contributed by atoms with Crippen molar-refractivity contribution in [2.75, 3.05) is 31.6 Å². The van der Waals surface area contributed by atoms with E-state index in [1.165, 1.54) is 17.4 Å². The van der Waals surface area contributed by atoms with Gasteiger partial charge in [-0.05, 0) is 36.3 Å². The van der Waals surface area contributed by atoms with Gasteiger partial charge in [-0.3, -0.25) is 4.99 Å². The standard InChI is InChI=1S/C19H31N3O2S/c1-5-20-18(21-15-19(2,3)11-13-25(4,23)24)22-12-10-16-8-6-7-9-17(16)14-22/h6-9H,5,10-15H2,1-4H3,(H,20,21). The number of aliphatic imine (C=N–C) groups is 1. The van der Waals surface area contributed by atoms with E-state index in [2.05, 4.69) is 55.3 Å². The van der Waals surface area contributed by atoms with E-state index in [9.17, 15) is 8.42 Å². The molecule has 1 heterocycles. The van der Waals surface area contributed by atoms with Gasteiger partial charge in [-0.15, -0.1) is 0 Å². The molecule has 1 aromatic carbocycles. The second kappa shape index (κ2) is 8.21. The Morgan fingerprint density at radius 2 is 1.96 bits per heavy atom. The highest BCUT2D eigenvalue weighted by Crippen LogP contribution is 2.23. The second-order valence-corrected chi connectivity index (χ2v) is 9.91. The third kappa shape index (κ3) is 6.34. The van der Waals surface area contributed by atoms with Crippen LogP contribution in [0.3, 0.4) is 0 Å². The first kappa shape index (κ1) is 19.8. The largest absolute Gasteiger partial charge is 0.357 e. The van der Waals surface area contributed by atoms with Crippen LogP contribution < -0.4 is 5.32 Å². The summed E-state index contributed by atoms with van der Waals surface area (Å²) < 4.78 is 22.9. The number of nitrogens with one attached hydrogen (secondary N) is 1. The number of nitrogens with zero attached hydrogens (tertiary/aromatic N) is 2. The second-order valence-electron chi connectivity index (χ2n) is 7.65. The Kier molecular flexibility index (Phi) is 6.49. The van der Waals surface area contributed by atoms with E-state index < -0.39 is 9.84 Å². The molecular formula is C19H31N3O2S. The van der Waals surface area contributed by atoms with Crippen LogP contribution in [0.5, 0.6) is 0 Å². The first-order chi connectivity index (χ1) is 11.7. The average Bonchev–Trinajstić information content (AvgIpc) is 2.56. The molecule has 140 valence electrons. The van der Waals surface area contributed by atoms with Crippen molar-refractivity contribution in [1.29, 1.82) is 0 Å². The monoisotopic (exact) mass is 365 g/mol. The molecule has 6 heteroatoms. The van der Waals surface area contributed by atoms with Crippen molar-refractivity contribution in [1.82, 2.24) is 10.2 Å². The molecule has 1 aromatic rings. The summed E-state index contributed by atoms with van der Waals surface area (Å²) in [4.78, 5) is 7.11. The van der Waals surface area contributed by atoms with E-state index >= 15 is 0 Å². The molecule has 0 aromatic heterocycles. The summed E-state index contributed by atoms with van der Waals surface area (Å²) in [6.45, 7) is 9.48. The Labute approximate surface area is 152 Å². The first-order valence-corrected chi connectivity index (χ1v) is 11.0. The van der Waals surface area contributed by atoms with E-state index in [1.807, 2.05) is 0 Å². The topological polar surface area (TPSA) is 61.8 Å². The van der Waals surface area contributed by atoms with E-state index in [0.29, 0.717) is 13.0 Å². The van der Waals surface area contributed by atoms with Gasteiger partial charge in [-0.1, -0.05) is 38.1 Å². The van der Waals surface area contributed by atoms with Crippen LogP contribution in [0.25, 0.3) is 0 Å². The van der Waals surface area contributed by atoms with Crippen LogP contribution in [-0.4, -0.2) is 50.9 Å². The molecule has 0 bridgehead atoms. The number of fused-ring (bicyclic) bond motifs is 1. The van der Waals surface area contributed by atoms with Gasteiger partial charge in [0.15, 0.2) is 5.96 Å². The Morgan fingerprint density at radius 1 is 1.28 bits per heavy atom. The average molecular weight is 366 g/mol. The first-order valence-electron chi connectivity index (χ1n) is 8.98. The summed E-state index contributed by atoms with van der Waals surface area (Å²) in [6.07, 6.45) is 2.94. The maximum Gasteiger partial charge on any atom is 0.194 e. The van der Waals surface area contributed by atoms with Crippen LogP contribution in [-0.2, 0) is 22.8 Å². The van der Waals surface area contributed by atoms with Gasteiger partial charge in [-0.25, -0.2) is 8.42 Å². The van der Waals surface area contributed by atoms with Gasteiger partial charge in [0, 0.05) is 32.4 Å². The Hall–Kier alpha value is -1.56. The Bertz CT molecular complexity index is 711. The molecule has 0 saturated heterocycles. The predicted molar refractivity (Wildman–Crippen MR) is 105 cm³/mol. The van der Waals surface area contributed by atoms with Crippen LogP contribution in [0.15, 0.2) is 29.3 Å². The molecule has 0 atom stereocenters. The fraction of sp³-hybridized carbons (Fsp3) is 0.632. The van der Waals surface area contributed by atoms with Crippen molar-refractivity contribution in [2.24, 2.45) is 10.4 Å². The van der Waals surface area contributed by atoms with E-state index in [4.69, 9.17) is 4.99 Å². The van der Waals surface area contributed by atoms with Crippen LogP contribution in [0, 0.1) is 5.41 Å². The molecule has 5 nitrogen and oxygen atoms in total. The lowest BCUT2D eigenvalue weighted by molar-refractivity contribution is 0.349. The van der Waals surface area contributed by atoms with Crippen molar-refractivity contribution < 1.29 is 8.42 Å². The maximum atomic E-state index is 11.4. The predicted octanol–water partition coefficient (Wildman–Crippen LogP) is 2.47. The van der Waals surface area contributed by atoms with Crippen molar-refractivity contribution in [3.8, 4) is 0 Å². The van der Waals surface area contributed by atoms with Gasteiger partial charge in [0.1, 0.15) is 9.84 Å². The zero-order valence-corrected chi connectivity index (χ0v) is 16.7. The van der Waals surface area contributed by atoms with E-state index in [0.717, 1.165) is 32.0 Å². The van der Waals surface area contributed by atoms with Crippen molar-refractivity contribution in [3.63, 3.8) is 0 Å². The maximum absolute atomic E-state index is 11.4. The summed E-state index contributed by atoms with van der Waals surface area (Å²) in [7, 11) is -2.93. The Balaban J connectivity index is 2.06.